The van der Waals surface area contributed by atoms with Crippen molar-refractivity contribution in [1.82, 2.24) is 14.8 Å². The molecule has 2 heterocycles. The summed E-state index contributed by atoms with van der Waals surface area (Å²) in [5.74, 6) is -0.212. The van der Waals surface area contributed by atoms with Gasteiger partial charge in [0.25, 0.3) is 5.91 Å². The van der Waals surface area contributed by atoms with Crippen LogP contribution in [0.4, 0.5) is 4.39 Å². The van der Waals surface area contributed by atoms with Gasteiger partial charge in [0.15, 0.2) is 0 Å². The van der Waals surface area contributed by atoms with Crippen molar-refractivity contribution < 1.29 is 14.0 Å². The molecule has 2 aromatic rings. The van der Waals surface area contributed by atoms with Gasteiger partial charge >= 0.3 is 0 Å². The molecular formula is C21H24FN3O2. The monoisotopic (exact) mass is 369 g/mol. The number of pyridine rings is 1. The number of nitrogens with zero attached hydrogens (tertiary/aromatic N) is 3. The van der Waals surface area contributed by atoms with Gasteiger partial charge in [-0.25, -0.2) is 4.39 Å². The summed E-state index contributed by atoms with van der Waals surface area (Å²) in [6.07, 6.45) is 3.45. The third-order valence-corrected chi connectivity index (χ3v) is 4.96. The van der Waals surface area contributed by atoms with Crippen LogP contribution in [-0.2, 0) is 11.3 Å². The minimum atomic E-state index is -0.297. The van der Waals surface area contributed by atoms with Gasteiger partial charge in [0.2, 0.25) is 5.91 Å². The summed E-state index contributed by atoms with van der Waals surface area (Å²) in [6, 6.07) is 9.57. The van der Waals surface area contributed by atoms with E-state index in [1.165, 1.54) is 12.1 Å². The zero-order valence-electron chi connectivity index (χ0n) is 15.6. The van der Waals surface area contributed by atoms with Crippen molar-refractivity contribution in [1.29, 1.82) is 0 Å². The molecule has 5 nitrogen and oxygen atoms in total. The van der Waals surface area contributed by atoms with Crippen LogP contribution < -0.4 is 0 Å². The van der Waals surface area contributed by atoms with E-state index >= 15 is 0 Å². The van der Waals surface area contributed by atoms with Crippen molar-refractivity contribution in [3.63, 3.8) is 0 Å². The fourth-order valence-electron chi connectivity index (χ4n) is 3.39. The average molecular weight is 369 g/mol. The Morgan fingerprint density at radius 1 is 1.26 bits per heavy atom. The van der Waals surface area contributed by atoms with Crippen LogP contribution in [0.1, 0.15) is 36.2 Å². The standard InChI is InChI=1S/C21H24FN3O2/c1-15(2)19-14-24(21(27)17-4-3-10-23-12-17)11-9-20(26)25(19)13-16-5-7-18(22)8-6-16/h3-8,10,12,15,19H,9,11,13-14H2,1-2H3. The number of benzene rings is 1. The zero-order valence-corrected chi connectivity index (χ0v) is 15.6. The summed E-state index contributed by atoms with van der Waals surface area (Å²) in [5.41, 5.74) is 1.40. The van der Waals surface area contributed by atoms with Crippen LogP contribution >= 0.6 is 0 Å². The van der Waals surface area contributed by atoms with Crippen LogP contribution in [0.2, 0.25) is 0 Å². The van der Waals surface area contributed by atoms with Crippen molar-refractivity contribution in [2.24, 2.45) is 5.92 Å². The molecule has 1 aliphatic heterocycles. The molecule has 1 aromatic carbocycles. The van der Waals surface area contributed by atoms with E-state index in [9.17, 15) is 14.0 Å². The SMILES string of the molecule is CC(C)C1CN(C(=O)c2cccnc2)CCC(=O)N1Cc1ccc(F)cc1. The average Bonchev–Trinajstić information content (AvgIpc) is 2.83. The number of amides is 2. The van der Waals surface area contributed by atoms with E-state index in [1.807, 2.05) is 18.7 Å². The van der Waals surface area contributed by atoms with E-state index < -0.39 is 0 Å². The molecule has 1 saturated heterocycles. The molecular weight excluding hydrogens is 345 g/mol. The van der Waals surface area contributed by atoms with Gasteiger partial charge in [-0.15, -0.1) is 0 Å². The highest BCUT2D eigenvalue weighted by Gasteiger charge is 2.33. The molecule has 2 amide bonds. The van der Waals surface area contributed by atoms with Crippen molar-refractivity contribution in [2.45, 2.75) is 32.9 Å². The second kappa shape index (κ2) is 8.29. The molecule has 0 spiro atoms. The Balaban J connectivity index is 1.82. The van der Waals surface area contributed by atoms with Gasteiger partial charge in [0.05, 0.1) is 11.6 Å². The van der Waals surface area contributed by atoms with Gasteiger partial charge < -0.3 is 9.80 Å². The molecule has 0 bridgehead atoms. The summed E-state index contributed by atoms with van der Waals surface area (Å²) in [6.45, 7) is 5.37. The summed E-state index contributed by atoms with van der Waals surface area (Å²) < 4.78 is 13.2. The van der Waals surface area contributed by atoms with Gasteiger partial charge in [0.1, 0.15) is 5.82 Å². The second-order valence-corrected chi connectivity index (χ2v) is 7.20. The molecule has 1 fully saturated rings. The molecule has 1 atom stereocenters. The minimum Gasteiger partial charge on any atom is -0.336 e. The van der Waals surface area contributed by atoms with E-state index in [-0.39, 0.29) is 36.0 Å². The van der Waals surface area contributed by atoms with Crippen LogP contribution in [-0.4, -0.2) is 45.7 Å². The number of aromatic nitrogens is 1. The first-order chi connectivity index (χ1) is 13.0. The molecule has 1 aliphatic rings. The highest BCUT2D eigenvalue weighted by Crippen LogP contribution is 2.22. The topological polar surface area (TPSA) is 53.5 Å². The molecule has 0 radical (unpaired) electrons. The molecule has 27 heavy (non-hydrogen) atoms. The summed E-state index contributed by atoms with van der Waals surface area (Å²) >= 11 is 0. The van der Waals surface area contributed by atoms with E-state index in [4.69, 9.17) is 0 Å². The molecule has 0 N–H and O–H groups in total. The normalized spacial score (nSPS) is 17.9. The summed E-state index contributed by atoms with van der Waals surface area (Å²) in [4.78, 5) is 33.2. The highest BCUT2D eigenvalue weighted by molar-refractivity contribution is 5.94. The maximum absolute atomic E-state index is 13.2. The lowest BCUT2D eigenvalue weighted by atomic mass is 10.0. The first-order valence-corrected chi connectivity index (χ1v) is 9.19. The van der Waals surface area contributed by atoms with Crippen molar-refractivity contribution in [3.8, 4) is 0 Å². The van der Waals surface area contributed by atoms with Gasteiger partial charge in [-0.3, -0.25) is 14.6 Å². The fraction of sp³-hybridized carbons (Fsp3) is 0.381. The summed E-state index contributed by atoms with van der Waals surface area (Å²) in [5, 5.41) is 0. The van der Waals surface area contributed by atoms with Crippen molar-refractivity contribution in [3.05, 3.63) is 65.7 Å². The molecule has 1 aromatic heterocycles. The first-order valence-electron chi connectivity index (χ1n) is 9.19. The molecule has 6 heteroatoms. The molecule has 0 saturated carbocycles. The van der Waals surface area contributed by atoms with Crippen LogP contribution in [0.3, 0.4) is 0 Å². The lowest BCUT2D eigenvalue weighted by Gasteiger charge is -2.34. The first kappa shape index (κ1) is 19.0. The predicted molar refractivity (Wildman–Crippen MR) is 100 cm³/mol. The third-order valence-electron chi connectivity index (χ3n) is 4.96. The molecule has 142 valence electrons. The Bertz CT molecular complexity index is 793. The number of carbonyl (C=O) groups is 2. The van der Waals surface area contributed by atoms with Gasteiger partial charge in [-0.05, 0) is 35.7 Å². The van der Waals surface area contributed by atoms with E-state index in [2.05, 4.69) is 4.98 Å². The number of hydrogen-bond acceptors (Lipinski definition) is 3. The Morgan fingerprint density at radius 3 is 2.63 bits per heavy atom. The summed E-state index contributed by atoms with van der Waals surface area (Å²) in [7, 11) is 0. The highest BCUT2D eigenvalue weighted by atomic mass is 19.1. The van der Waals surface area contributed by atoms with Crippen LogP contribution in [0.25, 0.3) is 0 Å². The Labute approximate surface area is 158 Å². The smallest absolute Gasteiger partial charge is 0.255 e. The lowest BCUT2D eigenvalue weighted by molar-refractivity contribution is -0.134. The van der Waals surface area contributed by atoms with Crippen molar-refractivity contribution >= 4 is 11.8 Å². The zero-order chi connectivity index (χ0) is 19.4. The number of halogens is 1. The fourth-order valence-corrected chi connectivity index (χ4v) is 3.39. The molecule has 3 rings (SSSR count). The van der Waals surface area contributed by atoms with Gasteiger partial charge in [-0.2, -0.15) is 0 Å². The van der Waals surface area contributed by atoms with E-state index in [0.29, 0.717) is 25.2 Å². The van der Waals surface area contributed by atoms with Gasteiger partial charge in [-0.1, -0.05) is 26.0 Å². The van der Waals surface area contributed by atoms with Crippen LogP contribution in [0.5, 0.6) is 0 Å². The van der Waals surface area contributed by atoms with Crippen molar-refractivity contribution in [2.75, 3.05) is 13.1 Å². The van der Waals surface area contributed by atoms with Crippen LogP contribution in [0.15, 0.2) is 48.8 Å². The van der Waals surface area contributed by atoms with Gasteiger partial charge in [0, 0.05) is 38.4 Å². The molecule has 0 aliphatic carbocycles. The largest absolute Gasteiger partial charge is 0.336 e. The molecule has 1 unspecified atom stereocenters. The Hall–Kier alpha value is -2.76. The Morgan fingerprint density at radius 2 is 2.00 bits per heavy atom. The Kier molecular flexibility index (Phi) is 5.84. The second-order valence-electron chi connectivity index (χ2n) is 7.20. The van der Waals surface area contributed by atoms with E-state index in [0.717, 1.165) is 5.56 Å². The number of carbonyl (C=O) groups excluding carboxylic acids is 2. The maximum atomic E-state index is 13.2. The maximum Gasteiger partial charge on any atom is 0.255 e. The minimum absolute atomic E-state index is 0.0134. The number of hydrogen-bond donors (Lipinski definition) is 0. The third kappa shape index (κ3) is 4.51. The number of rotatable bonds is 4. The van der Waals surface area contributed by atoms with E-state index in [1.54, 1.807) is 41.6 Å². The lowest BCUT2D eigenvalue weighted by Crippen LogP contribution is -2.47. The predicted octanol–water partition coefficient (Wildman–Crippen LogP) is 3.12. The van der Waals surface area contributed by atoms with Crippen LogP contribution in [0, 0.1) is 11.7 Å². The quantitative estimate of drug-likeness (QED) is 0.832.